The van der Waals surface area contributed by atoms with Crippen LogP contribution in [0, 0.1) is 0 Å². The number of nitrogens with two attached hydrogens (primary N) is 1. The second-order valence-electron chi connectivity index (χ2n) is 4.84. The molecule has 1 unspecified atom stereocenters. The van der Waals surface area contributed by atoms with Crippen LogP contribution in [-0.4, -0.2) is 12.1 Å². The quantitative estimate of drug-likeness (QED) is 0.569. The summed E-state index contributed by atoms with van der Waals surface area (Å²) < 4.78 is 5.27. The van der Waals surface area contributed by atoms with Crippen LogP contribution >= 0.6 is 0 Å². The molecule has 4 heteroatoms. The van der Waals surface area contributed by atoms with Crippen LogP contribution in [0.2, 0.25) is 0 Å². The predicted molar refractivity (Wildman–Crippen MR) is 83.9 cm³/mol. The molecule has 3 rings (SSSR count). The first-order valence-corrected chi connectivity index (χ1v) is 6.76. The number of pyridine rings is 1. The van der Waals surface area contributed by atoms with E-state index >= 15 is 0 Å². The Morgan fingerprint density at radius 1 is 1.05 bits per heavy atom. The third-order valence-corrected chi connectivity index (χ3v) is 3.54. The van der Waals surface area contributed by atoms with Crippen LogP contribution in [-0.2, 0) is 0 Å². The Bertz CT molecular complexity index is 758. The monoisotopic (exact) mass is 279 g/mol. The molecule has 0 bridgehead atoms. The Balaban J connectivity index is 2.04. The molecule has 0 radical (unpaired) electrons. The van der Waals surface area contributed by atoms with Crippen LogP contribution in [0.25, 0.3) is 10.9 Å². The summed E-state index contributed by atoms with van der Waals surface area (Å²) in [5, 5.41) is 1.10. The van der Waals surface area contributed by atoms with Gasteiger partial charge in [-0.1, -0.05) is 30.3 Å². The summed E-state index contributed by atoms with van der Waals surface area (Å²) in [7, 11) is 1.65. The lowest BCUT2D eigenvalue weighted by Crippen LogP contribution is -2.28. The van der Waals surface area contributed by atoms with Crippen molar-refractivity contribution in [3.05, 3.63) is 71.9 Å². The van der Waals surface area contributed by atoms with Crippen LogP contribution in [0.15, 0.2) is 60.8 Å². The van der Waals surface area contributed by atoms with Gasteiger partial charge in [-0.2, -0.15) is 0 Å². The molecule has 0 saturated heterocycles. The highest BCUT2D eigenvalue weighted by atomic mass is 16.5. The SMILES string of the molecule is COc1cccc(C(NN)c2cnc3ccccc3c2)c1. The standard InChI is InChI=1S/C17H17N3O/c1-21-15-7-4-6-13(10-15)17(20-18)14-9-12-5-2-3-8-16(12)19-11-14/h2-11,17,20H,18H2,1H3. The van der Waals surface area contributed by atoms with Gasteiger partial charge < -0.3 is 4.74 Å². The van der Waals surface area contributed by atoms with Crippen LogP contribution in [0.3, 0.4) is 0 Å². The Kier molecular flexibility index (Phi) is 3.81. The summed E-state index contributed by atoms with van der Waals surface area (Å²) >= 11 is 0. The molecular formula is C17H17N3O. The van der Waals surface area contributed by atoms with Gasteiger partial charge in [-0.15, -0.1) is 0 Å². The summed E-state index contributed by atoms with van der Waals surface area (Å²) in [5.41, 5.74) is 5.88. The average Bonchev–Trinajstić information content (AvgIpc) is 2.56. The van der Waals surface area contributed by atoms with E-state index in [2.05, 4.69) is 16.5 Å². The van der Waals surface area contributed by atoms with E-state index in [-0.39, 0.29) is 6.04 Å². The normalized spacial score (nSPS) is 12.3. The van der Waals surface area contributed by atoms with Crippen molar-refractivity contribution in [1.82, 2.24) is 10.4 Å². The summed E-state index contributed by atoms with van der Waals surface area (Å²) in [6, 6.07) is 17.9. The lowest BCUT2D eigenvalue weighted by atomic mass is 9.99. The maximum absolute atomic E-state index is 5.75. The van der Waals surface area contributed by atoms with Crippen molar-refractivity contribution in [1.29, 1.82) is 0 Å². The van der Waals surface area contributed by atoms with Crippen molar-refractivity contribution >= 4 is 10.9 Å². The molecule has 1 heterocycles. The first-order chi connectivity index (χ1) is 10.3. The second kappa shape index (κ2) is 5.91. The number of methoxy groups -OCH3 is 1. The van der Waals surface area contributed by atoms with Crippen molar-refractivity contribution < 1.29 is 4.74 Å². The Hall–Kier alpha value is -2.43. The molecule has 3 aromatic rings. The number of hydrogen-bond donors (Lipinski definition) is 2. The molecule has 1 atom stereocenters. The molecule has 3 N–H and O–H groups in total. The summed E-state index contributed by atoms with van der Waals surface area (Å²) in [6.07, 6.45) is 1.85. The van der Waals surface area contributed by atoms with Gasteiger partial charge in [0.15, 0.2) is 0 Å². The lowest BCUT2D eigenvalue weighted by molar-refractivity contribution is 0.413. The summed E-state index contributed by atoms with van der Waals surface area (Å²) in [5.74, 6) is 6.56. The molecule has 0 saturated carbocycles. The molecular weight excluding hydrogens is 262 g/mol. The number of aromatic nitrogens is 1. The molecule has 0 aliphatic heterocycles. The minimum absolute atomic E-state index is 0.128. The van der Waals surface area contributed by atoms with E-state index in [4.69, 9.17) is 10.6 Å². The zero-order valence-corrected chi connectivity index (χ0v) is 11.8. The van der Waals surface area contributed by atoms with Crippen LogP contribution in [0.4, 0.5) is 0 Å². The third kappa shape index (κ3) is 2.72. The number of rotatable bonds is 4. The molecule has 2 aromatic carbocycles. The predicted octanol–water partition coefficient (Wildman–Crippen LogP) is 2.80. The number of ether oxygens (including phenoxy) is 1. The van der Waals surface area contributed by atoms with E-state index in [1.54, 1.807) is 7.11 Å². The number of fused-ring (bicyclic) bond motifs is 1. The van der Waals surface area contributed by atoms with E-state index in [0.29, 0.717) is 0 Å². The number of hydrazine groups is 1. The van der Waals surface area contributed by atoms with Crippen molar-refractivity contribution in [3.8, 4) is 5.75 Å². The van der Waals surface area contributed by atoms with Crippen molar-refractivity contribution in [2.45, 2.75) is 6.04 Å². The molecule has 1 aromatic heterocycles. The highest BCUT2D eigenvalue weighted by Gasteiger charge is 2.14. The van der Waals surface area contributed by atoms with E-state index in [1.807, 2.05) is 54.7 Å². The smallest absolute Gasteiger partial charge is 0.119 e. The summed E-state index contributed by atoms with van der Waals surface area (Å²) in [6.45, 7) is 0. The number of nitrogens with zero attached hydrogens (tertiary/aromatic N) is 1. The highest BCUT2D eigenvalue weighted by molar-refractivity contribution is 5.79. The largest absolute Gasteiger partial charge is 0.497 e. The van der Waals surface area contributed by atoms with E-state index in [0.717, 1.165) is 27.8 Å². The second-order valence-corrected chi connectivity index (χ2v) is 4.84. The zero-order chi connectivity index (χ0) is 14.7. The van der Waals surface area contributed by atoms with Gasteiger partial charge in [0.1, 0.15) is 5.75 Å². The Morgan fingerprint density at radius 3 is 2.71 bits per heavy atom. The van der Waals surface area contributed by atoms with Gasteiger partial charge >= 0.3 is 0 Å². The minimum atomic E-state index is -0.128. The fraction of sp³-hybridized carbons (Fsp3) is 0.118. The van der Waals surface area contributed by atoms with Gasteiger partial charge in [-0.05, 0) is 35.4 Å². The topological polar surface area (TPSA) is 60.2 Å². The van der Waals surface area contributed by atoms with E-state index in [1.165, 1.54) is 0 Å². The fourth-order valence-electron chi connectivity index (χ4n) is 2.45. The molecule has 0 fully saturated rings. The van der Waals surface area contributed by atoms with Crippen LogP contribution < -0.4 is 16.0 Å². The third-order valence-electron chi connectivity index (χ3n) is 3.54. The molecule has 106 valence electrons. The van der Waals surface area contributed by atoms with Gasteiger partial charge in [0.05, 0.1) is 18.7 Å². The summed E-state index contributed by atoms with van der Waals surface area (Å²) in [4.78, 5) is 4.49. The van der Waals surface area contributed by atoms with Gasteiger partial charge in [0.25, 0.3) is 0 Å². The Morgan fingerprint density at radius 2 is 1.90 bits per heavy atom. The molecule has 21 heavy (non-hydrogen) atoms. The number of benzene rings is 2. The molecule has 0 aliphatic carbocycles. The molecule has 4 nitrogen and oxygen atoms in total. The molecule has 0 amide bonds. The Labute approximate surface area is 123 Å². The van der Waals surface area contributed by atoms with E-state index in [9.17, 15) is 0 Å². The average molecular weight is 279 g/mol. The van der Waals surface area contributed by atoms with E-state index < -0.39 is 0 Å². The van der Waals surface area contributed by atoms with Crippen LogP contribution in [0.1, 0.15) is 17.2 Å². The first kappa shape index (κ1) is 13.5. The van der Waals surface area contributed by atoms with Crippen molar-refractivity contribution in [2.75, 3.05) is 7.11 Å². The zero-order valence-electron chi connectivity index (χ0n) is 11.8. The van der Waals surface area contributed by atoms with Crippen molar-refractivity contribution in [3.63, 3.8) is 0 Å². The highest BCUT2D eigenvalue weighted by Crippen LogP contribution is 2.26. The van der Waals surface area contributed by atoms with Gasteiger partial charge in [-0.3, -0.25) is 10.8 Å². The molecule has 0 aliphatic rings. The van der Waals surface area contributed by atoms with Crippen LogP contribution in [0.5, 0.6) is 5.75 Å². The van der Waals surface area contributed by atoms with Crippen molar-refractivity contribution in [2.24, 2.45) is 5.84 Å². The van der Waals surface area contributed by atoms with Gasteiger partial charge in [-0.25, -0.2) is 5.43 Å². The first-order valence-electron chi connectivity index (χ1n) is 6.76. The maximum atomic E-state index is 5.75. The number of nitrogens with one attached hydrogen (secondary N) is 1. The maximum Gasteiger partial charge on any atom is 0.119 e. The minimum Gasteiger partial charge on any atom is -0.497 e. The van der Waals surface area contributed by atoms with Gasteiger partial charge in [0, 0.05) is 11.6 Å². The lowest BCUT2D eigenvalue weighted by Gasteiger charge is -2.17. The number of hydrogen-bond acceptors (Lipinski definition) is 4. The van der Waals surface area contributed by atoms with Gasteiger partial charge in [0.2, 0.25) is 0 Å². The fourth-order valence-corrected chi connectivity index (χ4v) is 2.45. The number of para-hydroxylation sites is 1. The molecule has 0 spiro atoms.